The van der Waals surface area contributed by atoms with Gasteiger partial charge in [-0.2, -0.15) is 0 Å². The molecule has 0 aromatic rings. The zero-order valence-electron chi connectivity index (χ0n) is 12.7. The Bertz CT molecular complexity index is 417. The molecule has 0 aromatic carbocycles. The summed E-state index contributed by atoms with van der Waals surface area (Å²) in [5, 5.41) is 11.7. The molecule has 0 bridgehead atoms. The number of nitrogens with zero attached hydrogens (tertiary/aromatic N) is 1. The molecule has 21 heavy (non-hydrogen) atoms. The first-order valence-electron chi connectivity index (χ1n) is 6.64. The van der Waals surface area contributed by atoms with Crippen molar-refractivity contribution in [2.45, 2.75) is 32.9 Å². The molecule has 8 heteroatoms. The summed E-state index contributed by atoms with van der Waals surface area (Å²) in [6, 6.07) is -1.56. The van der Waals surface area contributed by atoms with E-state index in [0.717, 1.165) is 0 Å². The molecule has 8 nitrogen and oxygen atoms in total. The number of aliphatic carboxylic acids is 1. The molecule has 1 rings (SSSR count). The van der Waals surface area contributed by atoms with Gasteiger partial charge in [0.25, 0.3) is 0 Å². The Kier molecular flexibility index (Phi) is 5.54. The first kappa shape index (κ1) is 17.2. The molecule has 2 amide bonds. The van der Waals surface area contributed by atoms with Gasteiger partial charge < -0.3 is 24.8 Å². The van der Waals surface area contributed by atoms with Crippen LogP contribution in [0.5, 0.6) is 0 Å². The fraction of sp³-hybridized carbons (Fsp3) is 0.769. The van der Waals surface area contributed by atoms with Gasteiger partial charge in [0.05, 0.1) is 20.3 Å². The van der Waals surface area contributed by atoms with Crippen molar-refractivity contribution in [2.75, 3.05) is 26.8 Å². The van der Waals surface area contributed by atoms with Crippen molar-refractivity contribution in [3.63, 3.8) is 0 Å². The lowest BCUT2D eigenvalue weighted by Gasteiger charge is -2.34. The minimum absolute atomic E-state index is 0.0367. The topological polar surface area (TPSA) is 105 Å². The van der Waals surface area contributed by atoms with Crippen LogP contribution in [-0.2, 0) is 19.1 Å². The van der Waals surface area contributed by atoms with Crippen molar-refractivity contribution in [3.05, 3.63) is 0 Å². The third-order valence-corrected chi connectivity index (χ3v) is 3.20. The number of amides is 2. The fourth-order valence-corrected chi connectivity index (χ4v) is 1.97. The third kappa shape index (κ3) is 4.59. The second-order valence-electron chi connectivity index (χ2n) is 5.92. The molecule has 120 valence electrons. The van der Waals surface area contributed by atoms with Crippen molar-refractivity contribution in [1.82, 2.24) is 10.2 Å². The quantitative estimate of drug-likeness (QED) is 0.715. The van der Waals surface area contributed by atoms with E-state index in [1.54, 1.807) is 20.8 Å². The Hall–Kier alpha value is -1.83. The van der Waals surface area contributed by atoms with Crippen LogP contribution in [-0.4, -0.2) is 66.9 Å². The number of hydrogen-bond acceptors (Lipinski definition) is 5. The van der Waals surface area contributed by atoms with Gasteiger partial charge >= 0.3 is 18.0 Å². The van der Waals surface area contributed by atoms with E-state index >= 15 is 0 Å². The first-order valence-corrected chi connectivity index (χ1v) is 6.64. The van der Waals surface area contributed by atoms with Gasteiger partial charge in [-0.05, 0) is 5.41 Å². The number of hydrogen-bond donors (Lipinski definition) is 2. The van der Waals surface area contributed by atoms with Crippen LogP contribution in [0.25, 0.3) is 0 Å². The van der Waals surface area contributed by atoms with Gasteiger partial charge in [-0.1, -0.05) is 20.8 Å². The largest absolute Gasteiger partial charge is 0.480 e. The van der Waals surface area contributed by atoms with Crippen molar-refractivity contribution >= 4 is 18.0 Å². The van der Waals surface area contributed by atoms with E-state index in [-0.39, 0.29) is 19.7 Å². The Balaban J connectivity index is 2.70. The Morgan fingerprint density at radius 3 is 2.48 bits per heavy atom. The minimum atomic E-state index is -1.10. The number of morpholine rings is 1. The van der Waals surface area contributed by atoms with Crippen LogP contribution in [0.2, 0.25) is 0 Å². The highest BCUT2D eigenvalue weighted by atomic mass is 16.6. The highest BCUT2D eigenvalue weighted by Crippen LogP contribution is 2.20. The van der Waals surface area contributed by atoms with Crippen LogP contribution < -0.4 is 5.32 Å². The number of nitrogens with one attached hydrogen (secondary N) is 1. The third-order valence-electron chi connectivity index (χ3n) is 3.20. The second-order valence-corrected chi connectivity index (χ2v) is 5.92. The molecule has 2 N–H and O–H groups in total. The zero-order valence-corrected chi connectivity index (χ0v) is 12.7. The predicted octanol–water partition coefficient (Wildman–Crippen LogP) is 0.0691. The average Bonchev–Trinajstić information content (AvgIpc) is 2.42. The van der Waals surface area contributed by atoms with Gasteiger partial charge in [-0.25, -0.2) is 14.4 Å². The Morgan fingerprint density at radius 2 is 2.00 bits per heavy atom. The molecule has 2 atom stereocenters. The Labute approximate surface area is 123 Å². The van der Waals surface area contributed by atoms with Crippen molar-refractivity contribution in [1.29, 1.82) is 0 Å². The van der Waals surface area contributed by atoms with E-state index in [2.05, 4.69) is 10.1 Å². The molecule has 1 saturated heterocycles. The van der Waals surface area contributed by atoms with E-state index in [1.165, 1.54) is 12.0 Å². The van der Waals surface area contributed by atoms with Gasteiger partial charge in [-0.3, -0.25) is 0 Å². The average molecular weight is 302 g/mol. The molecule has 1 unspecified atom stereocenters. The van der Waals surface area contributed by atoms with Crippen molar-refractivity contribution < 1.29 is 29.0 Å². The molecule has 0 aliphatic carbocycles. The molecular formula is C13H22N2O6. The SMILES string of the molecule is COC(=O)C1CN(C(=O)N[C@H](C(=O)O)C(C)(C)C)CCO1. The standard InChI is InChI=1S/C13H22N2O6/c1-13(2,3)9(10(16)17)14-12(19)15-5-6-21-8(7-15)11(18)20-4/h8-9H,5-7H2,1-4H3,(H,14,19)(H,16,17)/t8?,9-/m1/s1. The van der Waals surface area contributed by atoms with Crippen LogP contribution in [0, 0.1) is 5.41 Å². The number of carbonyl (C=O) groups is 3. The van der Waals surface area contributed by atoms with Gasteiger partial charge in [-0.15, -0.1) is 0 Å². The number of rotatable bonds is 3. The molecule has 0 spiro atoms. The molecule has 0 radical (unpaired) electrons. The highest BCUT2D eigenvalue weighted by molar-refractivity contribution is 5.84. The van der Waals surface area contributed by atoms with Gasteiger partial charge in [0.1, 0.15) is 6.04 Å². The number of carboxylic acid groups (broad SMARTS) is 1. The van der Waals surface area contributed by atoms with Gasteiger partial charge in [0.2, 0.25) is 0 Å². The zero-order chi connectivity index (χ0) is 16.2. The first-order chi connectivity index (χ1) is 9.66. The fourth-order valence-electron chi connectivity index (χ4n) is 1.97. The summed E-state index contributed by atoms with van der Waals surface area (Å²) >= 11 is 0. The number of esters is 1. The maximum absolute atomic E-state index is 12.2. The van der Waals surface area contributed by atoms with Gasteiger partial charge in [0, 0.05) is 6.54 Å². The van der Waals surface area contributed by atoms with Crippen molar-refractivity contribution in [2.24, 2.45) is 5.41 Å². The van der Waals surface area contributed by atoms with Crippen LogP contribution >= 0.6 is 0 Å². The van der Waals surface area contributed by atoms with E-state index in [0.29, 0.717) is 0 Å². The summed E-state index contributed by atoms with van der Waals surface area (Å²) in [7, 11) is 1.24. The van der Waals surface area contributed by atoms with Gasteiger partial charge in [0.15, 0.2) is 6.10 Å². The number of ether oxygens (including phenoxy) is 2. The number of carboxylic acids is 1. The van der Waals surface area contributed by atoms with Crippen LogP contribution in [0.1, 0.15) is 20.8 Å². The second kappa shape index (κ2) is 6.75. The van der Waals surface area contributed by atoms with E-state index in [9.17, 15) is 19.5 Å². The molecular weight excluding hydrogens is 280 g/mol. The van der Waals surface area contributed by atoms with E-state index < -0.39 is 35.5 Å². The monoisotopic (exact) mass is 302 g/mol. The van der Waals surface area contributed by atoms with Crippen LogP contribution in [0.4, 0.5) is 4.79 Å². The molecule has 0 aromatic heterocycles. The van der Waals surface area contributed by atoms with Crippen LogP contribution in [0.3, 0.4) is 0 Å². The van der Waals surface area contributed by atoms with Crippen LogP contribution in [0.15, 0.2) is 0 Å². The smallest absolute Gasteiger partial charge is 0.336 e. The number of urea groups is 1. The predicted molar refractivity (Wildman–Crippen MR) is 72.7 cm³/mol. The maximum atomic E-state index is 12.2. The summed E-state index contributed by atoms with van der Waals surface area (Å²) < 4.78 is 9.79. The maximum Gasteiger partial charge on any atom is 0.336 e. The van der Waals surface area contributed by atoms with Crippen molar-refractivity contribution in [3.8, 4) is 0 Å². The summed E-state index contributed by atoms with van der Waals surface area (Å²) in [6.45, 7) is 5.69. The summed E-state index contributed by atoms with van der Waals surface area (Å²) in [6.07, 6.45) is -0.840. The summed E-state index contributed by atoms with van der Waals surface area (Å²) in [5.41, 5.74) is -0.629. The van der Waals surface area contributed by atoms with E-state index in [4.69, 9.17) is 4.74 Å². The lowest BCUT2D eigenvalue weighted by molar-refractivity contribution is -0.158. The lowest BCUT2D eigenvalue weighted by Crippen LogP contribution is -2.57. The molecule has 1 aliphatic heterocycles. The number of methoxy groups -OCH3 is 1. The lowest BCUT2D eigenvalue weighted by atomic mass is 9.87. The molecule has 1 aliphatic rings. The molecule has 1 heterocycles. The molecule has 1 fully saturated rings. The highest BCUT2D eigenvalue weighted by Gasteiger charge is 2.36. The Morgan fingerprint density at radius 1 is 1.38 bits per heavy atom. The molecule has 0 saturated carbocycles. The normalized spacial score (nSPS) is 20.6. The summed E-state index contributed by atoms with van der Waals surface area (Å²) in [4.78, 5) is 36.2. The number of carbonyl (C=O) groups excluding carboxylic acids is 2. The minimum Gasteiger partial charge on any atom is -0.480 e. The summed E-state index contributed by atoms with van der Waals surface area (Å²) in [5.74, 6) is -1.66. The van der Waals surface area contributed by atoms with E-state index in [1.807, 2.05) is 0 Å².